The van der Waals surface area contributed by atoms with Crippen LogP contribution in [0.25, 0.3) is 10.9 Å². The summed E-state index contributed by atoms with van der Waals surface area (Å²) in [6.07, 6.45) is 1.68. The summed E-state index contributed by atoms with van der Waals surface area (Å²) in [6.45, 7) is -0.0849. The van der Waals surface area contributed by atoms with Crippen molar-refractivity contribution in [1.82, 2.24) is 4.57 Å². The van der Waals surface area contributed by atoms with Gasteiger partial charge in [0.25, 0.3) is 0 Å². The van der Waals surface area contributed by atoms with Crippen molar-refractivity contribution < 1.29 is 9.90 Å². The second-order valence-corrected chi connectivity index (χ2v) is 3.19. The van der Waals surface area contributed by atoms with E-state index in [9.17, 15) is 4.79 Å². The van der Waals surface area contributed by atoms with E-state index in [-0.39, 0.29) is 6.54 Å². The third-order valence-electron chi connectivity index (χ3n) is 2.24. The van der Waals surface area contributed by atoms with Crippen LogP contribution in [0.5, 0.6) is 0 Å². The molecule has 1 heterocycles. The van der Waals surface area contributed by atoms with E-state index in [0.717, 1.165) is 10.9 Å². The van der Waals surface area contributed by atoms with Gasteiger partial charge in [0.15, 0.2) is 0 Å². The Labute approximate surface area is 86.0 Å². The molecule has 2 rings (SSSR count). The number of hydrogen-bond acceptors (Lipinski definition) is 2. The van der Waals surface area contributed by atoms with Gasteiger partial charge in [0.05, 0.1) is 11.6 Å². The van der Waals surface area contributed by atoms with Crippen LogP contribution in [-0.4, -0.2) is 15.6 Å². The molecule has 0 fully saturated rings. The lowest BCUT2D eigenvalue weighted by molar-refractivity contribution is -0.137. The number of carboxylic acid groups (broad SMARTS) is 1. The highest BCUT2D eigenvalue weighted by Crippen LogP contribution is 2.19. The van der Waals surface area contributed by atoms with Gasteiger partial charge in [-0.1, -0.05) is 6.07 Å². The van der Waals surface area contributed by atoms with Crippen LogP contribution in [0.15, 0.2) is 30.5 Å². The summed E-state index contributed by atoms with van der Waals surface area (Å²) < 4.78 is 1.61. The summed E-state index contributed by atoms with van der Waals surface area (Å²) in [5.41, 5.74) is 1.34. The molecule has 2 aromatic rings. The minimum absolute atomic E-state index is 0.0849. The van der Waals surface area contributed by atoms with Crippen LogP contribution in [0.1, 0.15) is 5.56 Å². The van der Waals surface area contributed by atoms with Crippen LogP contribution in [0, 0.1) is 11.3 Å². The Morgan fingerprint density at radius 2 is 2.27 bits per heavy atom. The predicted octanol–water partition coefficient (Wildman–Crippen LogP) is 1.60. The van der Waals surface area contributed by atoms with Gasteiger partial charge in [0.2, 0.25) is 0 Å². The number of carbonyl (C=O) groups is 1. The van der Waals surface area contributed by atoms with Gasteiger partial charge in [0, 0.05) is 17.1 Å². The molecular weight excluding hydrogens is 192 g/mol. The number of fused-ring (bicyclic) bond motifs is 1. The molecule has 0 bridgehead atoms. The summed E-state index contributed by atoms with van der Waals surface area (Å²) in [5, 5.41) is 18.3. The van der Waals surface area contributed by atoms with Crippen molar-refractivity contribution >= 4 is 16.9 Å². The van der Waals surface area contributed by atoms with Crippen LogP contribution in [-0.2, 0) is 11.3 Å². The maximum Gasteiger partial charge on any atom is 0.323 e. The number of aromatic nitrogens is 1. The average Bonchev–Trinajstić information content (AvgIpc) is 2.61. The summed E-state index contributed by atoms with van der Waals surface area (Å²) >= 11 is 0. The Kier molecular flexibility index (Phi) is 2.14. The zero-order chi connectivity index (χ0) is 10.8. The van der Waals surface area contributed by atoms with Crippen molar-refractivity contribution in [2.24, 2.45) is 0 Å². The number of rotatable bonds is 2. The number of hydrogen-bond donors (Lipinski definition) is 1. The number of nitrogens with zero attached hydrogens (tertiary/aromatic N) is 2. The molecule has 0 saturated carbocycles. The van der Waals surface area contributed by atoms with Gasteiger partial charge in [-0.15, -0.1) is 0 Å². The third kappa shape index (κ3) is 1.55. The van der Waals surface area contributed by atoms with Gasteiger partial charge in [-0.2, -0.15) is 5.26 Å². The number of aliphatic carboxylic acids is 1. The smallest absolute Gasteiger partial charge is 0.323 e. The zero-order valence-corrected chi connectivity index (χ0v) is 7.84. The van der Waals surface area contributed by atoms with Crippen molar-refractivity contribution in [2.75, 3.05) is 0 Å². The van der Waals surface area contributed by atoms with Gasteiger partial charge in [-0.25, -0.2) is 0 Å². The fourth-order valence-corrected chi connectivity index (χ4v) is 1.60. The molecule has 0 atom stereocenters. The lowest BCUT2D eigenvalue weighted by Crippen LogP contribution is -2.07. The Hall–Kier alpha value is -2.28. The first-order chi connectivity index (χ1) is 7.22. The van der Waals surface area contributed by atoms with Gasteiger partial charge >= 0.3 is 5.97 Å². The molecule has 74 valence electrons. The molecule has 4 nitrogen and oxygen atoms in total. The summed E-state index contributed by atoms with van der Waals surface area (Å²) in [6, 6.07) is 9.11. The normalized spacial score (nSPS) is 10.1. The van der Waals surface area contributed by atoms with Gasteiger partial charge in [0.1, 0.15) is 6.54 Å². The van der Waals surface area contributed by atoms with E-state index < -0.39 is 5.97 Å². The van der Waals surface area contributed by atoms with Gasteiger partial charge < -0.3 is 9.67 Å². The Bertz CT molecular complexity index is 563. The number of carboxylic acids is 1. The predicted molar refractivity (Wildman–Crippen MR) is 54.3 cm³/mol. The number of benzene rings is 1. The molecule has 0 radical (unpaired) electrons. The first kappa shape index (κ1) is 9.28. The maximum absolute atomic E-state index is 10.6. The van der Waals surface area contributed by atoms with E-state index in [0.29, 0.717) is 5.56 Å². The van der Waals surface area contributed by atoms with Crippen LogP contribution >= 0.6 is 0 Å². The average molecular weight is 200 g/mol. The maximum atomic E-state index is 10.6. The van der Waals surface area contributed by atoms with Crippen molar-refractivity contribution in [1.29, 1.82) is 5.26 Å². The van der Waals surface area contributed by atoms with E-state index in [1.54, 1.807) is 35.0 Å². The molecule has 0 amide bonds. The minimum Gasteiger partial charge on any atom is -0.480 e. The second kappa shape index (κ2) is 3.46. The second-order valence-electron chi connectivity index (χ2n) is 3.19. The summed E-state index contributed by atoms with van der Waals surface area (Å²) in [7, 11) is 0. The quantitative estimate of drug-likeness (QED) is 0.800. The largest absolute Gasteiger partial charge is 0.480 e. The van der Waals surface area contributed by atoms with E-state index in [4.69, 9.17) is 10.4 Å². The Morgan fingerprint density at radius 1 is 1.47 bits per heavy atom. The van der Waals surface area contributed by atoms with E-state index >= 15 is 0 Å². The number of nitriles is 1. The van der Waals surface area contributed by atoms with E-state index in [2.05, 4.69) is 6.07 Å². The van der Waals surface area contributed by atoms with Crippen LogP contribution in [0.4, 0.5) is 0 Å². The molecule has 1 N–H and O–H groups in total. The molecule has 0 aliphatic carbocycles. The molecule has 15 heavy (non-hydrogen) atoms. The Morgan fingerprint density at radius 3 is 2.93 bits per heavy atom. The van der Waals surface area contributed by atoms with Gasteiger partial charge in [-0.3, -0.25) is 4.79 Å². The van der Waals surface area contributed by atoms with Crippen LogP contribution in [0.3, 0.4) is 0 Å². The standard InChI is InChI=1S/C11H8N2O2/c12-6-8-2-1-3-10-9(8)4-5-13(10)7-11(14)15/h1-5H,7H2,(H,14,15). The van der Waals surface area contributed by atoms with Crippen LogP contribution in [0.2, 0.25) is 0 Å². The lowest BCUT2D eigenvalue weighted by atomic mass is 10.1. The first-order valence-electron chi connectivity index (χ1n) is 4.42. The fraction of sp³-hybridized carbons (Fsp3) is 0.0909. The monoisotopic (exact) mass is 200 g/mol. The highest BCUT2D eigenvalue weighted by atomic mass is 16.4. The highest BCUT2D eigenvalue weighted by molar-refractivity contribution is 5.86. The summed E-state index contributed by atoms with van der Waals surface area (Å²) in [4.78, 5) is 10.6. The lowest BCUT2D eigenvalue weighted by Gasteiger charge is -2.00. The minimum atomic E-state index is -0.894. The van der Waals surface area contributed by atoms with Crippen molar-refractivity contribution in [2.45, 2.75) is 6.54 Å². The van der Waals surface area contributed by atoms with E-state index in [1.807, 2.05) is 0 Å². The van der Waals surface area contributed by atoms with Crippen molar-refractivity contribution in [3.63, 3.8) is 0 Å². The van der Waals surface area contributed by atoms with Crippen molar-refractivity contribution in [3.8, 4) is 6.07 Å². The molecule has 0 aliphatic rings. The zero-order valence-electron chi connectivity index (χ0n) is 7.84. The van der Waals surface area contributed by atoms with Crippen LogP contribution < -0.4 is 0 Å². The molecule has 1 aromatic heterocycles. The van der Waals surface area contributed by atoms with E-state index in [1.165, 1.54) is 0 Å². The molecule has 0 unspecified atom stereocenters. The molecule has 0 spiro atoms. The topological polar surface area (TPSA) is 66.0 Å². The van der Waals surface area contributed by atoms with Crippen molar-refractivity contribution in [3.05, 3.63) is 36.0 Å². The molecule has 4 heteroatoms. The molecule has 1 aromatic carbocycles. The van der Waals surface area contributed by atoms with Gasteiger partial charge in [-0.05, 0) is 18.2 Å². The molecule has 0 saturated heterocycles. The SMILES string of the molecule is N#Cc1cccc2c1ccn2CC(=O)O. The molecular formula is C11H8N2O2. The summed E-state index contributed by atoms with van der Waals surface area (Å²) in [5.74, 6) is -0.894. The first-order valence-corrected chi connectivity index (χ1v) is 4.42. The fourth-order valence-electron chi connectivity index (χ4n) is 1.60. The third-order valence-corrected chi connectivity index (χ3v) is 2.24. The Balaban J connectivity index is 2.62. The highest BCUT2D eigenvalue weighted by Gasteiger charge is 2.06. The molecule has 0 aliphatic heterocycles.